The fraction of sp³-hybridized carbons (Fsp3) is 0.667. The Balaban J connectivity index is -0.000000537. The fourth-order valence-electron chi connectivity index (χ4n) is 3.94. The Kier molecular flexibility index (Phi) is 32.2. The standard InChI is InChI=1S/C9H15ClO.C9H10O2.C8H14O4.C5H9ClO.C5H10O2/c2*10-9(11)7-6-8-4-2-1-3-5-8;1-8(2,3)12-7(11)5-4-6(9)10;1-4(2)3-5(6)7;1-2-3-4-5(6)7/h8H,1-7H2;1-5H,6-7H2,(H,10,11);4-5H2,1-3H3,(H,9,10);4H,3H2,1-2H3;2-4H2,1H3,(H,6,7). The molecule has 0 heterocycles. The number of carbonyl (C=O) groups is 6. The number of aryl methyl sites for hydroxylation is 1. The van der Waals surface area contributed by atoms with Crippen molar-refractivity contribution in [2.24, 2.45) is 11.8 Å². The molecule has 0 saturated heterocycles. The van der Waals surface area contributed by atoms with Gasteiger partial charge in [-0.2, -0.15) is 0 Å². The van der Waals surface area contributed by atoms with Gasteiger partial charge in [0.15, 0.2) is 0 Å². The third-order valence-corrected chi connectivity index (χ3v) is 6.56. The molecule has 0 radical (unpaired) electrons. The zero-order valence-electron chi connectivity index (χ0n) is 29.6. The number of benzene rings is 1. The van der Waals surface area contributed by atoms with Gasteiger partial charge in [-0.3, -0.25) is 28.8 Å². The van der Waals surface area contributed by atoms with E-state index in [2.05, 4.69) is 0 Å². The van der Waals surface area contributed by atoms with E-state index in [1.165, 1.54) is 32.1 Å². The summed E-state index contributed by atoms with van der Waals surface area (Å²) in [6.45, 7) is 11.1. The molecule has 3 N–H and O–H groups in total. The maximum Gasteiger partial charge on any atom is 0.306 e. The number of carboxylic acids is 3. The van der Waals surface area contributed by atoms with Crippen LogP contribution >= 0.6 is 23.2 Å². The number of hydrogen-bond acceptors (Lipinski definition) is 7. The van der Waals surface area contributed by atoms with E-state index in [1.54, 1.807) is 20.8 Å². The van der Waals surface area contributed by atoms with Crippen LogP contribution in [0, 0.1) is 11.8 Å². The fourth-order valence-corrected chi connectivity index (χ4v) is 4.36. The molecule has 12 heteroatoms. The molecule has 276 valence electrons. The first-order chi connectivity index (χ1) is 22.3. The zero-order chi connectivity index (χ0) is 37.5. The van der Waals surface area contributed by atoms with Crippen molar-refractivity contribution >= 4 is 57.6 Å². The monoisotopic (exact) mass is 720 g/mol. The Morgan fingerprint density at radius 2 is 1.29 bits per heavy atom. The van der Waals surface area contributed by atoms with Crippen LogP contribution < -0.4 is 0 Å². The molecule has 1 aliphatic rings. The lowest BCUT2D eigenvalue weighted by molar-refractivity contribution is -0.157. The summed E-state index contributed by atoms with van der Waals surface area (Å²) in [6, 6.07) is 9.62. The SMILES string of the molecule is CC(C)(C)OC(=O)CCC(=O)O.CC(C)CC(=O)Cl.CCCCC(=O)O.O=C(Cl)CCC1CCCCC1.O=C(O)CCc1ccccc1. The molecule has 0 spiro atoms. The minimum Gasteiger partial charge on any atom is -0.481 e. The molecule has 0 atom stereocenters. The van der Waals surface area contributed by atoms with E-state index >= 15 is 0 Å². The summed E-state index contributed by atoms with van der Waals surface area (Å²) in [5, 5.41) is 24.3. The molecular formula is C36H58Cl2O10. The van der Waals surface area contributed by atoms with Crippen molar-refractivity contribution in [2.75, 3.05) is 0 Å². The summed E-state index contributed by atoms with van der Waals surface area (Å²) < 4.78 is 4.89. The number of carboxylic acid groups (broad SMARTS) is 3. The van der Waals surface area contributed by atoms with Gasteiger partial charge in [-0.25, -0.2) is 0 Å². The molecule has 1 saturated carbocycles. The Morgan fingerprint density at radius 1 is 0.771 bits per heavy atom. The average molecular weight is 722 g/mol. The molecule has 10 nitrogen and oxygen atoms in total. The van der Waals surface area contributed by atoms with E-state index in [-0.39, 0.29) is 29.7 Å². The molecule has 48 heavy (non-hydrogen) atoms. The second-order valence-electron chi connectivity index (χ2n) is 12.7. The van der Waals surface area contributed by atoms with Crippen molar-refractivity contribution in [3.63, 3.8) is 0 Å². The van der Waals surface area contributed by atoms with Crippen molar-refractivity contribution in [1.29, 1.82) is 0 Å². The highest BCUT2D eigenvalue weighted by Gasteiger charge is 2.16. The summed E-state index contributed by atoms with van der Waals surface area (Å²) in [4.78, 5) is 61.3. The Bertz CT molecular complexity index is 1030. The number of carbonyl (C=O) groups excluding carboxylic acids is 3. The minimum atomic E-state index is -0.985. The molecule has 0 amide bonds. The smallest absolute Gasteiger partial charge is 0.306 e. The highest BCUT2D eigenvalue weighted by atomic mass is 35.5. The molecule has 1 aromatic carbocycles. The predicted molar refractivity (Wildman–Crippen MR) is 189 cm³/mol. The van der Waals surface area contributed by atoms with E-state index < -0.39 is 29.5 Å². The molecule has 2 rings (SSSR count). The van der Waals surface area contributed by atoms with Crippen LogP contribution in [0.1, 0.15) is 137 Å². The van der Waals surface area contributed by atoms with Gasteiger partial charge in [-0.05, 0) is 80.6 Å². The van der Waals surface area contributed by atoms with Crippen LogP contribution in [0.2, 0.25) is 0 Å². The number of unbranched alkanes of at least 4 members (excludes halogenated alkanes) is 1. The van der Waals surface area contributed by atoms with Crippen molar-refractivity contribution in [3.8, 4) is 0 Å². The molecule has 0 aromatic heterocycles. The van der Waals surface area contributed by atoms with Crippen molar-refractivity contribution in [3.05, 3.63) is 35.9 Å². The Labute approximate surface area is 296 Å². The molecule has 0 bridgehead atoms. The van der Waals surface area contributed by atoms with Crippen LogP contribution in [0.4, 0.5) is 0 Å². The first-order valence-electron chi connectivity index (χ1n) is 16.6. The quantitative estimate of drug-likeness (QED) is 0.124. The second-order valence-corrected chi connectivity index (χ2v) is 13.6. The largest absolute Gasteiger partial charge is 0.481 e. The lowest BCUT2D eigenvalue weighted by Crippen LogP contribution is -2.24. The van der Waals surface area contributed by atoms with Crippen molar-refractivity contribution in [1.82, 2.24) is 0 Å². The van der Waals surface area contributed by atoms with Crippen molar-refractivity contribution in [2.45, 2.75) is 143 Å². The summed E-state index contributed by atoms with van der Waals surface area (Å²) >= 11 is 10.3. The average Bonchev–Trinajstić information content (AvgIpc) is 2.98. The van der Waals surface area contributed by atoms with E-state index in [0.717, 1.165) is 30.7 Å². The van der Waals surface area contributed by atoms with Gasteiger partial charge in [0, 0.05) is 25.7 Å². The maximum atomic E-state index is 10.9. The highest BCUT2D eigenvalue weighted by Crippen LogP contribution is 2.27. The lowest BCUT2D eigenvalue weighted by atomic mass is 9.86. The highest BCUT2D eigenvalue weighted by molar-refractivity contribution is 6.63. The van der Waals surface area contributed by atoms with E-state index in [1.807, 2.05) is 51.1 Å². The number of esters is 1. The molecule has 1 aromatic rings. The summed E-state index contributed by atoms with van der Waals surface area (Å²) in [6.07, 6.45) is 11.5. The Morgan fingerprint density at radius 3 is 1.65 bits per heavy atom. The molecule has 1 fully saturated rings. The van der Waals surface area contributed by atoms with Gasteiger partial charge < -0.3 is 20.1 Å². The van der Waals surface area contributed by atoms with E-state index in [0.29, 0.717) is 31.6 Å². The van der Waals surface area contributed by atoms with Crippen LogP contribution in [0.15, 0.2) is 30.3 Å². The summed E-state index contributed by atoms with van der Waals surface area (Å²) in [5.74, 6) is -1.71. The molecule has 0 unspecified atom stereocenters. The first-order valence-corrected chi connectivity index (χ1v) is 17.3. The minimum absolute atomic E-state index is 0.0629. The molecular weight excluding hydrogens is 663 g/mol. The van der Waals surface area contributed by atoms with Gasteiger partial charge in [0.1, 0.15) is 5.60 Å². The van der Waals surface area contributed by atoms with Crippen LogP contribution in [-0.2, 0) is 39.9 Å². The third-order valence-electron chi connectivity index (χ3n) is 6.22. The second kappa shape index (κ2) is 31.3. The normalized spacial score (nSPS) is 12.2. The predicted octanol–water partition coefficient (Wildman–Crippen LogP) is 9.07. The van der Waals surface area contributed by atoms with Crippen molar-refractivity contribution < 1.29 is 48.8 Å². The maximum absolute atomic E-state index is 10.9. The molecule has 1 aliphatic carbocycles. The van der Waals surface area contributed by atoms with E-state index in [4.69, 9.17) is 43.3 Å². The number of aliphatic carboxylic acids is 3. The summed E-state index contributed by atoms with van der Waals surface area (Å²) in [5.41, 5.74) is 0.546. The van der Waals surface area contributed by atoms with Gasteiger partial charge in [-0.1, -0.05) is 89.6 Å². The van der Waals surface area contributed by atoms with Gasteiger partial charge in [0.05, 0.1) is 12.8 Å². The van der Waals surface area contributed by atoms with Gasteiger partial charge in [-0.15, -0.1) is 0 Å². The van der Waals surface area contributed by atoms with Gasteiger partial charge in [0.25, 0.3) is 0 Å². The topological polar surface area (TPSA) is 172 Å². The first kappa shape index (κ1) is 49.4. The van der Waals surface area contributed by atoms with Crippen LogP contribution in [0.3, 0.4) is 0 Å². The van der Waals surface area contributed by atoms with Crippen LogP contribution in [0.5, 0.6) is 0 Å². The van der Waals surface area contributed by atoms with Crippen LogP contribution in [-0.4, -0.2) is 55.3 Å². The third kappa shape index (κ3) is 45.1. The van der Waals surface area contributed by atoms with Gasteiger partial charge >= 0.3 is 23.9 Å². The summed E-state index contributed by atoms with van der Waals surface area (Å²) in [7, 11) is 0. The van der Waals surface area contributed by atoms with Gasteiger partial charge in [0.2, 0.25) is 10.5 Å². The van der Waals surface area contributed by atoms with Crippen LogP contribution in [0.25, 0.3) is 0 Å². The van der Waals surface area contributed by atoms with E-state index in [9.17, 15) is 28.8 Å². The lowest BCUT2D eigenvalue weighted by Gasteiger charge is -2.20. The number of halogens is 2. The zero-order valence-corrected chi connectivity index (χ0v) is 31.1. The number of ether oxygens (including phenoxy) is 1. The molecule has 0 aliphatic heterocycles. The number of rotatable bonds is 14. The Hall–Kier alpha value is -2.98. The number of hydrogen-bond donors (Lipinski definition) is 3.